The molecule has 4 atom stereocenters. The van der Waals surface area contributed by atoms with Crippen LogP contribution < -0.4 is 0 Å². The van der Waals surface area contributed by atoms with Gasteiger partial charge in [-0.3, -0.25) is 0 Å². The lowest BCUT2D eigenvalue weighted by molar-refractivity contribution is -0.0849. The summed E-state index contributed by atoms with van der Waals surface area (Å²) in [5.41, 5.74) is -0.680. The van der Waals surface area contributed by atoms with Crippen LogP contribution in [0.25, 0.3) is 0 Å². The molecule has 0 aliphatic carbocycles. The maximum Gasteiger partial charge on any atom is 0.164 e. The second-order valence-corrected chi connectivity index (χ2v) is 5.42. The summed E-state index contributed by atoms with van der Waals surface area (Å²) in [6, 6.07) is 2.24. The van der Waals surface area contributed by atoms with Crippen molar-refractivity contribution in [2.45, 2.75) is 50.3 Å². The zero-order valence-corrected chi connectivity index (χ0v) is 9.67. The van der Waals surface area contributed by atoms with Crippen LogP contribution in [0.15, 0.2) is 0 Å². The average molecular weight is 215 g/mol. The van der Waals surface area contributed by atoms with Crippen LogP contribution in [0, 0.1) is 11.3 Å². The molecule has 1 fully saturated rings. The maximum atomic E-state index is 9.32. The van der Waals surface area contributed by atoms with Crippen LogP contribution in [0.5, 0.6) is 0 Å². The van der Waals surface area contributed by atoms with Gasteiger partial charge in [-0.1, -0.05) is 6.92 Å². The minimum absolute atomic E-state index is 0.277. The molecule has 14 heavy (non-hydrogen) atoms. The zero-order valence-electron chi connectivity index (χ0n) is 8.86. The Morgan fingerprint density at radius 2 is 2.29 bits per heavy atom. The summed E-state index contributed by atoms with van der Waals surface area (Å²) in [7, 11) is 0. The Morgan fingerprint density at radius 3 is 2.64 bits per heavy atom. The Balaban J connectivity index is 2.60. The number of hydrogen-bond donors (Lipinski definition) is 1. The molecule has 1 N–H and O–H groups in total. The Labute approximate surface area is 89.4 Å². The standard InChI is InChI=1S/C10H17NO2S/c1-7-4-10(5-11,6-14-7)13-9(3)8(2)12/h7-9,12H,4,6H2,1-3H3. The largest absolute Gasteiger partial charge is 0.391 e. The smallest absolute Gasteiger partial charge is 0.164 e. The first-order valence-corrected chi connectivity index (χ1v) is 5.93. The van der Waals surface area contributed by atoms with E-state index in [0.717, 1.165) is 6.42 Å². The predicted octanol–water partition coefficient (Wildman–Crippen LogP) is 1.56. The summed E-state index contributed by atoms with van der Waals surface area (Å²) in [6.45, 7) is 5.58. The summed E-state index contributed by atoms with van der Waals surface area (Å²) in [4.78, 5) is 0. The van der Waals surface area contributed by atoms with Crippen LogP contribution in [-0.4, -0.2) is 33.9 Å². The van der Waals surface area contributed by atoms with Gasteiger partial charge in [0, 0.05) is 17.4 Å². The van der Waals surface area contributed by atoms with Crippen LogP contribution in [0.4, 0.5) is 0 Å². The molecule has 0 aromatic rings. The molecular formula is C10H17NO2S. The third kappa shape index (κ3) is 2.63. The van der Waals surface area contributed by atoms with Crippen LogP contribution in [0.1, 0.15) is 27.2 Å². The van der Waals surface area contributed by atoms with E-state index in [9.17, 15) is 5.11 Å². The van der Waals surface area contributed by atoms with Gasteiger partial charge in [0.15, 0.2) is 5.60 Å². The number of rotatable bonds is 3. The van der Waals surface area contributed by atoms with Gasteiger partial charge in [0.25, 0.3) is 0 Å². The van der Waals surface area contributed by atoms with E-state index < -0.39 is 11.7 Å². The molecule has 0 spiro atoms. The number of nitrogens with zero attached hydrogens (tertiary/aromatic N) is 1. The monoisotopic (exact) mass is 215 g/mol. The van der Waals surface area contributed by atoms with Crippen molar-refractivity contribution in [1.29, 1.82) is 5.26 Å². The van der Waals surface area contributed by atoms with Gasteiger partial charge in [0.2, 0.25) is 0 Å². The molecule has 0 saturated carbocycles. The fraction of sp³-hybridized carbons (Fsp3) is 0.900. The molecule has 0 bridgehead atoms. The fourth-order valence-electron chi connectivity index (χ4n) is 1.50. The van der Waals surface area contributed by atoms with E-state index >= 15 is 0 Å². The summed E-state index contributed by atoms with van der Waals surface area (Å²) < 4.78 is 5.65. The van der Waals surface area contributed by atoms with Crippen LogP contribution in [0.3, 0.4) is 0 Å². The Hall–Kier alpha value is -0.240. The lowest BCUT2D eigenvalue weighted by atomic mass is 10.0. The van der Waals surface area contributed by atoms with Crippen molar-refractivity contribution in [3.05, 3.63) is 0 Å². The summed E-state index contributed by atoms with van der Waals surface area (Å²) >= 11 is 1.75. The topological polar surface area (TPSA) is 53.2 Å². The Kier molecular flexibility index (Phi) is 3.82. The molecule has 4 unspecified atom stereocenters. The van der Waals surface area contributed by atoms with E-state index in [-0.39, 0.29) is 6.10 Å². The van der Waals surface area contributed by atoms with Crippen molar-refractivity contribution >= 4 is 11.8 Å². The predicted molar refractivity (Wildman–Crippen MR) is 57.1 cm³/mol. The first-order chi connectivity index (χ1) is 6.49. The minimum Gasteiger partial charge on any atom is -0.391 e. The number of aliphatic hydroxyl groups is 1. The quantitative estimate of drug-likeness (QED) is 0.776. The molecule has 80 valence electrons. The van der Waals surface area contributed by atoms with E-state index in [1.165, 1.54) is 0 Å². The summed E-state index contributed by atoms with van der Waals surface area (Å²) in [6.07, 6.45) is -0.0488. The van der Waals surface area contributed by atoms with Gasteiger partial charge in [-0.05, 0) is 13.8 Å². The first kappa shape index (κ1) is 11.8. The van der Waals surface area contributed by atoms with Gasteiger partial charge < -0.3 is 9.84 Å². The maximum absolute atomic E-state index is 9.32. The lowest BCUT2D eigenvalue weighted by Crippen LogP contribution is -2.38. The number of nitriles is 1. The van der Waals surface area contributed by atoms with E-state index in [0.29, 0.717) is 11.0 Å². The Morgan fingerprint density at radius 1 is 1.64 bits per heavy atom. The molecule has 3 nitrogen and oxygen atoms in total. The van der Waals surface area contributed by atoms with E-state index in [4.69, 9.17) is 10.00 Å². The van der Waals surface area contributed by atoms with Crippen LogP contribution in [0.2, 0.25) is 0 Å². The molecule has 1 aliphatic heterocycles. The molecule has 1 rings (SSSR count). The molecule has 0 aromatic heterocycles. The third-order valence-corrected chi connectivity index (χ3v) is 3.88. The van der Waals surface area contributed by atoms with E-state index in [1.54, 1.807) is 25.6 Å². The van der Waals surface area contributed by atoms with Crippen molar-refractivity contribution in [2.75, 3.05) is 5.75 Å². The molecular weight excluding hydrogens is 198 g/mol. The van der Waals surface area contributed by atoms with Crippen molar-refractivity contribution in [2.24, 2.45) is 0 Å². The first-order valence-electron chi connectivity index (χ1n) is 4.88. The molecule has 1 aliphatic rings. The normalized spacial score (nSPS) is 36.4. The van der Waals surface area contributed by atoms with Crippen molar-refractivity contribution in [3.63, 3.8) is 0 Å². The van der Waals surface area contributed by atoms with Gasteiger partial charge in [-0.2, -0.15) is 17.0 Å². The second kappa shape index (κ2) is 4.52. The molecule has 1 heterocycles. The molecule has 4 heteroatoms. The van der Waals surface area contributed by atoms with Crippen molar-refractivity contribution in [3.8, 4) is 6.07 Å². The van der Waals surface area contributed by atoms with Gasteiger partial charge in [-0.15, -0.1) is 0 Å². The van der Waals surface area contributed by atoms with E-state index in [1.807, 2.05) is 0 Å². The SMILES string of the molecule is CC1CC(C#N)(OC(C)C(C)O)CS1. The van der Waals surface area contributed by atoms with Gasteiger partial charge in [0.05, 0.1) is 18.3 Å². The summed E-state index contributed by atoms with van der Waals surface area (Å²) in [5.74, 6) is 0.710. The van der Waals surface area contributed by atoms with Crippen molar-refractivity contribution in [1.82, 2.24) is 0 Å². The van der Waals surface area contributed by atoms with Crippen LogP contribution in [-0.2, 0) is 4.74 Å². The molecule has 0 amide bonds. The van der Waals surface area contributed by atoms with E-state index in [2.05, 4.69) is 13.0 Å². The number of thioether (sulfide) groups is 1. The molecule has 1 saturated heterocycles. The zero-order chi connectivity index (χ0) is 10.8. The highest BCUT2D eigenvalue weighted by Gasteiger charge is 2.41. The van der Waals surface area contributed by atoms with Crippen LogP contribution >= 0.6 is 11.8 Å². The highest BCUT2D eigenvalue weighted by atomic mass is 32.2. The van der Waals surface area contributed by atoms with Gasteiger partial charge >= 0.3 is 0 Å². The number of hydrogen-bond acceptors (Lipinski definition) is 4. The Bertz CT molecular complexity index is 239. The summed E-state index contributed by atoms with van der Waals surface area (Å²) in [5, 5.41) is 18.9. The minimum atomic E-state index is -0.680. The fourth-order valence-corrected chi connectivity index (χ4v) is 2.69. The molecule has 0 radical (unpaired) electrons. The van der Waals surface area contributed by atoms with Gasteiger partial charge in [-0.25, -0.2) is 0 Å². The van der Waals surface area contributed by atoms with Crippen molar-refractivity contribution < 1.29 is 9.84 Å². The lowest BCUT2D eigenvalue weighted by Gasteiger charge is -2.27. The van der Waals surface area contributed by atoms with Gasteiger partial charge in [0.1, 0.15) is 0 Å². The third-order valence-electron chi connectivity index (χ3n) is 2.51. The highest BCUT2D eigenvalue weighted by Crippen LogP contribution is 2.37. The average Bonchev–Trinajstić information content (AvgIpc) is 2.48. The second-order valence-electron chi connectivity index (χ2n) is 4.00. The molecule has 0 aromatic carbocycles. The number of ether oxygens (including phenoxy) is 1. The highest BCUT2D eigenvalue weighted by molar-refractivity contribution is 8.00. The number of aliphatic hydroxyl groups excluding tert-OH is 1.